The number of rotatable bonds is 12. The maximum atomic E-state index is 12.5. The Kier molecular flexibility index (Phi) is 10.0. The topological polar surface area (TPSA) is 81.4 Å². The molecule has 0 bridgehead atoms. The zero-order valence-corrected chi connectivity index (χ0v) is 15.7. The average Bonchev–Trinajstić information content (AvgIpc) is 2.64. The summed E-state index contributed by atoms with van der Waals surface area (Å²) in [6.07, 6.45) is 3.27. The highest BCUT2D eigenvalue weighted by molar-refractivity contribution is 5.91. The van der Waals surface area contributed by atoms with E-state index in [-0.39, 0.29) is 24.2 Å². The summed E-state index contributed by atoms with van der Waals surface area (Å²) in [5.41, 5.74) is 6.99. The van der Waals surface area contributed by atoms with Gasteiger partial charge in [-0.25, -0.2) is 0 Å². The summed E-state index contributed by atoms with van der Waals surface area (Å²) in [6.45, 7) is 6.36. The second kappa shape index (κ2) is 11.8. The van der Waals surface area contributed by atoms with Crippen LogP contribution in [0.25, 0.3) is 0 Å². The summed E-state index contributed by atoms with van der Waals surface area (Å²) in [6, 6.07) is 8.58. The third-order valence-electron chi connectivity index (χ3n) is 4.47. The molecule has 0 fully saturated rings. The van der Waals surface area contributed by atoms with Crippen LogP contribution < -0.4 is 11.1 Å². The second-order valence-electron chi connectivity index (χ2n) is 6.56. The molecular formula is C20H32N2O3. The first-order valence-electron chi connectivity index (χ1n) is 9.19. The van der Waals surface area contributed by atoms with Crippen molar-refractivity contribution in [1.82, 2.24) is 5.32 Å². The van der Waals surface area contributed by atoms with Crippen LogP contribution in [0.2, 0.25) is 0 Å². The molecule has 3 N–H and O–H groups in total. The van der Waals surface area contributed by atoms with Crippen molar-refractivity contribution < 1.29 is 14.3 Å². The summed E-state index contributed by atoms with van der Waals surface area (Å²) in [5, 5.41) is 2.82. The Morgan fingerprint density at radius 3 is 2.48 bits per heavy atom. The van der Waals surface area contributed by atoms with Crippen molar-refractivity contribution in [2.24, 2.45) is 11.7 Å². The summed E-state index contributed by atoms with van der Waals surface area (Å²) in [5.74, 6) is -0.280. The lowest BCUT2D eigenvalue weighted by molar-refractivity contribution is -0.131. The molecule has 0 aliphatic heterocycles. The van der Waals surface area contributed by atoms with Gasteiger partial charge in [-0.3, -0.25) is 9.59 Å². The van der Waals surface area contributed by atoms with Crippen molar-refractivity contribution in [2.75, 3.05) is 6.61 Å². The Hall–Kier alpha value is -1.72. The number of carbonyl (C=O) groups is 2. The minimum Gasteiger partial charge on any atom is -0.369 e. The highest BCUT2D eigenvalue weighted by Gasteiger charge is 2.25. The van der Waals surface area contributed by atoms with Crippen LogP contribution in [-0.2, 0) is 20.9 Å². The van der Waals surface area contributed by atoms with Crippen LogP contribution in [0.5, 0.6) is 0 Å². The summed E-state index contributed by atoms with van der Waals surface area (Å²) in [4.78, 5) is 24.7. The number of benzene rings is 1. The highest BCUT2D eigenvalue weighted by atomic mass is 16.5. The van der Waals surface area contributed by atoms with E-state index in [1.54, 1.807) is 0 Å². The summed E-state index contributed by atoms with van der Waals surface area (Å²) >= 11 is 0. The lowest BCUT2D eigenvalue weighted by atomic mass is 9.98. The van der Waals surface area contributed by atoms with E-state index in [9.17, 15) is 9.59 Å². The Bertz CT molecular complexity index is 519. The molecule has 0 aliphatic rings. The van der Waals surface area contributed by atoms with Gasteiger partial charge < -0.3 is 15.8 Å². The number of unbranched alkanes of at least 4 members (excludes halogenated alkanes) is 1. The monoisotopic (exact) mass is 348 g/mol. The van der Waals surface area contributed by atoms with E-state index in [1.807, 2.05) is 44.2 Å². The van der Waals surface area contributed by atoms with Gasteiger partial charge in [-0.15, -0.1) is 0 Å². The normalized spacial score (nSPS) is 14.6. The number of amides is 1. The molecule has 5 heteroatoms. The number of carbonyl (C=O) groups excluding carboxylic acids is 2. The quantitative estimate of drug-likeness (QED) is 0.608. The molecule has 0 heterocycles. The van der Waals surface area contributed by atoms with Crippen LogP contribution in [0, 0.1) is 5.92 Å². The molecule has 3 unspecified atom stereocenters. The standard InChI is InChI=1S/C20H32N2O3/c1-4-6-12-17(22-20(24)19(21)15(3)5-2)18(23)14-25-13-16-10-8-7-9-11-16/h7-11,15,17,19H,4-6,12-14,21H2,1-3H3,(H,22,24). The molecule has 0 spiro atoms. The van der Waals surface area contributed by atoms with E-state index in [2.05, 4.69) is 12.2 Å². The fourth-order valence-electron chi connectivity index (χ4n) is 2.45. The number of hydrogen-bond donors (Lipinski definition) is 2. The van der Waals surface area contributed by atoms with E-state index >= 15 is 0 Å². The third-order valence-corrected chi connectivity index (χ3v) is 4.47. The van der Waals surface area contributed by atoms with Crippen molar-refractivity contribution in [1.29, 1.82) is 0 Å². The lowest BCUT2D eigenvalue weighted by Crippen LogP contribution is -2.51. The van der Waals surface area contributed by atoms with Crippen molar-refractivity contribution in [2.45, 2.75) is 65.1 Å². The number of ether oxygens (including phenoxy) is 1. The molecule has 0 aromatic heterocycles. The SMILES string of the molecule is CCCCC(NC(=O)C(N)C(C)CC)C(=O)COCc1ccccc1. The van der Waals surface area contributed by atoms with Crippen LogP contribution in [0.4, 0.5) is 0 Å². The van der Waals surface area contributed by atoms with Crippen LogP contribution >= 0.6 is 0 Å². The zero-order chi connectivity index (χ0) is 18.7. The third kappa shape index (κ3) is 7.80. The largest absolute Gasteiger partial charge is 0.369 e. The number of nitrogens with two attached hydrogens (primary N) is 1. The lowest BCUT2D eigenvalue weighted by Gasteiger charge is -2.22. The first-order valence-corrected chi connectivity index (χ1v) is 9.19. The van der Waals surface area contributed by atoms with Crippen LogP contribution in [0.3, 0.4) is 0 Å². The maximum Gasteiger partial charge on any atom is 0.237 e. The molecule has 5 nitrogen and oxygen atoms in total. The summed E-state index contributed by atoms with van der Waals surface area (Å²) < 4.78 is 5.52. The molecule has 1 amide bonds. The number of hydrogen-bond acceptors (Lipinski definition) is 4. The van der Waals surface area contributed by atoms with Gasteiger partial charge in [-0.2, -0.15) is 0 Å². The molecule has 1 rings (SSSR count). The molecular weight excluding hydrogens is 316 g/mol. The van der Waals surface area contributed by atoms with E-state index in [0.29, 0.717) is 13.0 Å². The van der Waals surface area contributed by atoms with Gasteiger partial charge in [0.1, 0.15) is 6.61 Å². The minimum absolute atomic E-state index is 0.0118. The first-order chi connectivity index (χ1) is 12.0. The van der Waals surface area contributed by atoms with E-state index in [1.165, 1.54) is 0 Å². The van der Waals surface area contributed by atoms with Crippen molar-refractivity contribution in [3.8, 4) is 0 Å². The first kappa shape index (κ1) is 21.3. The van der Waals surface area contributed by atoms with Crippen LogP contribution in [0.1, 0.15) is 52.0 Å². The van der Waals surface area contributed by atoms with Gasteiger partial charge in [0.25, 0.3) is 0 Å². The molecule has 1 aromatic rings. The van der Waals surface area contributed by atoms with Gasteiger partial charge in [0.2, 0.25) is 5.91 Å². The molecule has 0 aliphatic carbocycles. The molecule has 1 aromatic carbocycles. The fourth-order valence-corrected chi connectivity index (χ4v) is 2.45. The van der Waals surface area contributed by atoms with E-state index in [4.69, 9.17) is 10.5 Å². The second-order valence-corrected chi connectivity index (χ2v) is 6.56. The van der Waals surface area contributed by atoms with Gasteiger partial charge in [0.15, 0.2) is 5.78 Å². The van der Waals surface area contributed by atoms with Gasteiger partial charge in [-0.05, 0) is 17.9 Å². The smallest absolute Gasteiger partial charge is 0.237 e. The minimum atomic E-state index is -0.591. The molecule has 25 heavy (non-hydrogen) atoms. The van der Waals surface area contributed by atoms with Crippen LogP contribution in [-0.4, -0.2) is 30.4 Å². The molecule has 0 saturated heterocycles. The predicted molar refractivity (Wildman–Crippen MR) is 100.0 cm³/mol. The maximum absolute atomic E-state index is 12.5. The van der Waals surface area contributed by atoms with Gasteiger partial charge in [0.05, 0.1) is 18.7 Å². The Balaban J connectivity index is 2.54. The zero-order valence-electron chi connectivity index (χ0n) is 15.7. The van der Waals surface area contributed by atoms with Gasteiger partial charge in [-0.1, -0.05) is 70.4 Å². The molecule has 3 atom stereocenters. The van der Waals surface area contributed by atoms with Crippen molar-refractivity contribution in [3.05, 3.63) is 35.9 Å². The fraction of sp³-hybridized carbons (Fsp3) is 0.600. The van der Waals surface area contributed by atoms with E-state index < -0.39 is 12.1 Å². The Morgan fingerprint density at radius 2 is 1.88 bits per heavy atom. The van der Waals surface area contributed by atoms with Crippen LogP contribution in [0.15, 0.2) is 30.3 Å². The number of nitrogens with one attached hydrogen (secondary N) is 1. The Labute approximate surface area is 151 Å². The molecule has 140 valence electrons. The summed E-state index contributed by atoms with van der Waals surface area (Å²) in [7, 11) is 0. The van der Waals surface area contributed by atoms with Crippen molar-refractivity contribution in [3.63, 3.8) is 0 Å². The number of ketones is 1. The van der Waals surface area contributed by atoms with Gasteiger partial charge >= 0.3 is 0 Å². The number of Topliss-reactive ketones (excluding diaryl/α,β-unsaturated/α-hetero) is 1. The molecule has 0 radical (unpaired) electrons. The van der Waals surface area contributed by atoms with Crippen molar-refractivity contribution >= 4 is 11.7 Å². The Morgan fingerprint density at radius 1 is 1.20 bits per heavy atom. The highest BCUT2D eigenvalue weighted by Crippen LogP contribution is 2.08. The molecule has 0 saturated carbocycles. The predicted octanol–water partition coefficient (Wildman–Crippen LogP) is 2.82. The average molecular weight is 348 g/mol. The van der Waals surface area contributed by atoms with Gasteiger partial charge in [0, 0.05) is 0 Å². The van der Waals surface area contributed by atoms with E-state index in [0.717, 1.165) is 24.8 Å².